The average molecular weight is 609 g/mol. The molecule has 0 radical (unpaired) electrons. The van der Waals surface area contributed by atoms with Crippen molar-refractivity contribution in [3.05, 3.63) is 82.9 Å². The Bertz CT molecular complexity index is 2050. The van der Waals surface area contributed by atoms with Crippen LogP contribution in [0.1, 0.15) is 0 Å². The number of fused-ring (bicyclic) bond motifs is 1. The van der Waals surface area contributed by atoms with Crippen LogP contribution in [0.3, 0.4) is 0 Å². The van der Waals surface area contributed by atoms with E-state index in [0.29, 0.717) is 6.07 Å². The summed E-state index contributed by atoms with van der Waals surface area (Å²) in [6, 6.07) is 13.2. The summed E-state index contributed by atoms with van der Waals surface area (Å²) in [7, 11) is -13.7. The summed E-state index contributed by atoms with van der Waals surface area (Å²) in [6.45, 7) is 0. The van der Waals surface area contributed by atoms with Gasteiger partial charge in [0.2, 0.25) is 0 Å². The second-order valence-corrected chi connectivity index (χ2v) is 13.2. The average Bonchev–Trinajstić information content (AvgIpc) is 2.87. The lowest BCUT2D eigenvalue weighted by Crippen LogP contribution is -2.13. The van der Waals surface area contributed by atoms with Crippen molar-refractivity contribution in [1.29, 1.82) is 0 Å². The second kappa shape index (κ2) is 10.2. The Morgan fingerprint density at radius 1 is 0.850 bits per heavy atom. The maximum Gasteiger partial charge on any atom is 0.332 e. The van der Waals surface area contributed by atoms with Gasteiger partial charge in [0, 0.05) is 29.2 Å². The first kappa shape index (κ1) is 28.5. The number of nitro benzene ring substituents is 1. The van der Waals surface area contributed by atoms with Crippen LogP contribution in [0.15, 0.2) is 97.7 Å². The molecule has 0 fully saturated rings. The van der Waals surface area contributed by atoms with Crippen LogP contribution in [-0.2, 0) is 30.1 Å². The van der Waals surface area contributed by atoms with E-state index >= 15 is 0 Å². The first-order valence-corrected chi connectivity index (χ1v) is 15.6. The highest BCUT2D eigenvalue weighted by atomic mass is 32.3. The van der Waals surface area contributed by atoms with E-state index in [1.807, 2.05) is 0 Å². The van der Waals surface area contributed by atoms with Gasteiger partial charge in [0.15, 0.2) is 9.84 Å². The zero-order valence-corrected chi connectivity index (χ0v) is 22.5. The van der Waals surface area contributed by atoms with E-state index in [4.69, 9.17) is 0 Å². The summed E-state index contributed by atoms with van der Waals surface area (Å²) in [5, 5.41) is 29.5. The summed E-state index contributed by atoms with van der Waals surface area (Å²) in [5.74, 6) is -0.271. The topological polar surface area (TPSA) is 203 Å². The third-order valence-corrected chi connectivity index (χ3v) is 8.76. The van der Waals surface area contributed by atoms with Gasteiger partial charge in [-0.2, -0.15) is 8.42 Å². The number of sulfonamides is 1. The number of aromatic hydroxyl groups is 1. The molecule has 0 amide bonds. The molecule has 0 aliphatic rings. The third-order valence-electron chi connectivity index (χ3n) is 5.46. The fraction of sp³-hybridized carbons (Fsp3) is 0.0435. The van der Waals surface area contributed by atoms with Gasteiger partial charge in [0.1, 0.15) is 16.3 Å². The zero-order chi connectivity index (χ0) is 29.5. The Morgan fingerprint density at radius 2 is 1.48 bits per heavy atom. The Morgan fingerprint density at radius 3 is 2.12 bits per heavy atom. The molecular formula is C23H17FN4O9S3. The third kappa shape index (κ3) is 5.90. The largest absolute Gasteiger partial charge is 0.507 e. The molecule has 0 aliphatic carbocycles. The molecule has 0 unspecified atom stereocenters. The van der Waals surface area contributed by atoms with E-state index < -0.39 is 55.4 Å². The minimum atomic E-state index is -5.19. The Kier molecular flexibility index (Phi) is 7.31. The monoisotopic (exact) mass is 608 g/mol. The summed E-state index contributed by atoms with van der Waals surface area (Å²) in [4.78, 5) is 8.40. The number of nitrogens with one attached hydrogen (secondary N) is 1. The van der Waals surface area contributed by atoms with Crippen LogP contribution in [0.4, 0.5) is 26.6 Å². The molecule has 17 heteroatoms. The molecule has 208 valence electrons. The van der Waals surface area contributed by atoms with Crippen molar-refractivity contribution in [3.8, 4) is 5.75 Å². The van der Waals surface area contributed by atoms with E-state index in [2.05, 4.69) is 15.0 Å². The lowest BCUT2D eigenvalue weighted by atomic mass is 10.1. The summed E-state index contributed by atoms with van der Waals surface area (Å²) in [5.41, 5.74) is -0.903. The van der Waals surface area contributed by atoms with E-state index in [9.17, 15) is 44.4 Å². The number of anilines is 1. The van der Waals surface area contributed by atoms with Gasteiger partial charge < -0.3 is 5.11 Å². The molecule has 4 rings (SSSR count). The number of sulfone groups is 1. The number of hydrogen-bond acceptors (Lipinski definition) is 11. The SMILES string of the molecule is CS(=O)(=O)c1cc([N+](=O)[O-])ccc1N=Nc1ccc(O)c2cccc(NS(=O)(=O)c3cccc(S(=O)(=O)F)c3)c12. The molecule has 0 aliphatic heterocycles. The molecule has 0 saturated heterocycles. The van der Waals surface area contributed by atoms with E-state index in [0.717, 1.165) is 42.7 Å². The Balaban J connectivity index is 1.85. The van der Waals surface area contributed by atoms with E-state index in [1.54, 1.807) is 0 Å². The minimum absolute atomic E-state index is 0.0203. The summed E-state index contributed by atoms with van der Waals surface area (Å²) in [6.07, 6.45) is 0.830. The number of benzene rings is 4. The van der Waals surface area contributed by atoms with Gasteiger partial charge in [-0.3, -0.25) is 14.8 Å². The van der Waals surface area contributed by atoms with Crippen molar-refractivity contribution in [2.45, 2.75) is 14.7 Å². The normalized spacial score (nSPS) is 12.6. The van der Waals surface area contributed by atoms with Gasteiger partial charge in [-0.1, -0.05) is 18.2 Å². The van der Waals surface area contributed by atoms with Gasteiger partial charge >= 0.3 is 10.2 Å². The van der Waals surface area contributed by atoms with Crippen LogP contribution < -0.4 is 4.72 Å². The van der Waals surface area contributed by atoms with Crippen LogP contribution in [0.2, 0.25) is 0 Å². The van der Waals surface area contributed by atoms with E-state index in [1.165, 1.54) is 30.3 Å². The van der Waals surface area contributed by atoms with Crippen molar-refractivity contribution in [2.24, 2.45) is 10.2 Å². The number of phenolic OH excluding ortho intramolecular Hbond substituents is 1. The van der Waals surface area contributed by atoms with Crippen molar-refractivity contribution in [3.63, 3.8) is 0 Å². The van der Waals surface area contributed by atoms with E-state index in [-0.39, 0.29) is 33.6 Å². The first-order valence-electron chi connectivity index (χ1n) is 10.8. The molecule has 13 nitrogen and oxygen atoms in total. The molecule has 2 N–H and O–H groups in total. The van der Waals surface area contributed by atoms with Crippen molar-refractivity contribution >= 4 is 63.6 Å². The number of phenols is 1. The quantitative estimate of drug-likeness (QED) is 0.123. The van der Waals surface area contributed by atoms with Crippen LogP contribution in [0.5, 0.6) is 5.75 Å². The standard InChI is InChI=1S/C23H17FN4O9S3/c1-38(32,33)22-12-14(28(30)31)8-9-18(22)25-26-19-10-11-21(29)17-6-3-7-20(23(17)19)27-40(36,37)16-5-2-4-15(13-16)39(24,34)35/h2-13,27,29H,1H3. The lowest BCUT2D eigenvalue weighted by molar-refractivity contribution is -0.385. The number of nitro groups is 1. The van der Waals surface area contributed by atoms with Crippen molar-refractivity contribution < 1.29 is 39.2 Å². The lowest BCUT2D eigenvalue weighted by Gasteiger charge is -2.13. The van der Waals surface area contributed by atoms with Gasteiger partial charge in [0.05, 0.1) is 26.1 Å². The maximum atomic E-state index is 13.4. The number of non-ortho nitro benzene ring substituents is 1. The smallest absolute Gasteiger partial charge is 0.332 e. The second-order valence-electron chi connectivity index (χ2n) is 8.23. The van der Waals surface area contributed by atoms with Gasteiger partial charge in [-0.15, -0.1) is 14.1 Å². The number of halogens is 1. The van der Waals surface area contributed by atoms with Crippen LogP contribution in [-0.4, -0.2) is 41.5 Å². The fourth-order valence-electron chi connectivity index (χ4n) is 3.64. The maximum absolute atomic E-state index is 13.4. The molecule has 0 saturated carbocycles. The Hall–Kier alpha value is -4.48. The molecule has 0 heterocycles. The Labute approximate surface area is 227 Å². The molecule has 0 aromatic heterocycles. The fourth-order valence-corrected chi connectivity index (χ4v) is 6.17. The van der Waals surface area contributed by atoms with Crippen LogP contribution >= 0.6 is 0 Å². The minimum Gasteiger partial charge on any atom is -0.507 e. The molecule has 0 spiro atoms. The van der Waals surface area contributed by atoms with Gasteiger partial charge in [-0.05, 0) is 42.5 Å². The molecule has 4 aromatic rings. The number of azo groups is 1. The number of rotatable bonds is 8. The predicted octanol–water partition coefficient (Wildman–Crippen LogP) is 4.73. The molecular weight excluding hydrogens is 591 g/mol. The molecule has 40 heavy (non-hydrogen) atoms. The molecule has 4 aromatic carbocycles. The highest BCUT2D eigenvalue weighted by Crippen LogP contribution is 2.40. The van der Waals surface area contributed by atoms with Gasteiger partial charge in [0.25, 0.3) is 15.7 Å². The molecule has 0 atom stereocenters. The van der Waals surface area contributed by atoms with Gasteiger partial charge in [-0.25, -0.2) is 16.8 Å². The number of hydrogen-bond donors (Lipinski definition) is 2. The number of nitrogens with zero attached hydrogens (tertiary/aromatic N) is 3. The summed E-state index contributed by atoms with van der Waals surface area (Å²) >= 11 is 0. The first-order chi connectivity index (χ1) is 18.6. The zero-order valence-electron chi connectivity index (χ0n) is 20.1. The van der Waals surface area contributed by atoms with Crippen molar-refractivity contribution in [1.82, 2.24) is 0 Å². The highest BCUT2D eigenvalue weighted by molar-refractivity contribution is 7.93. The summed E-state index contributed by atoms with van der Waals surface area (Å²) < 4.78 is 88.8. The van der Waals surface area contributed by atoms with Crippen molar-refractivity contribution in [2.75, 3.05) is 11.0 Å². The van der Waals surface area contributed by atoms with Crippen LogP contribution in [0.25, 0.3) is 10.8 Å². The molecule has 0 bridgehead atoms. The highest BCUT2D eigenvalue weighted by Gasteiger charge is 2.22. The predicted molar refractivity (Wildman–Crippen MR) is 142 cm³/mol. The van der Waals surface area contributed by atoms with Crippen LogP contribution in [0, 0.1) is 10.1 Å².